The van der Waals surface area contributed by atoms with E-state index in [1.165, 1.54) is 29.0 Å². The molecule has 3 rings (SSSR count). The number of benzene rings is 2. The van der Waals surface area contributed by atoms with Crippen molar-refractivity contribution in [2.24, 2.45) is 0 Å². The second-order valence-electron chi connectivity index (χ2n) is 6.92. The number of tetrazole rings is 1. The molecule has 0 saturated heterocycles. The molecule has 0 fully saturated rings. The van der Waals surface area contributed by atoms with Gasteiger partial charge in [0.15, 0.2) is 17.4 Å². The highest BCUT2D eigenvalue weighted by molar-refractivity contribution is 6.11. The van der Waals surface area contributed by atoms with Gasteiger partial charge in [-0.3, -0.25) is 14.4 Å². The molecule has 0 unspecified atom stereocenters. The smallest absolute Gasteiger partial charge is 0.327 e. The molecule has 1 heterocycles. The highest BCUT2D eigenvalue weighted by Gasteiger charge is 2.15. The van der Waals surface area contributed by atoms with E-state index in [1.807, 2.05) is 0 Å². The van der Waals surface area contributed by atoms with Crippen molar-refractivity contribution < 1.29 is 24.2 Å². The molecular weight excluding hydrogens is 424 g/mol. The monoisotopic (exact) mass is 446 g/mol. The first-order valence-corrected chi connectivity index (χ1v) is 10.2. The molecule has 0 atom stereocenters. The van der Waals surface area contributed by atoms with Crippen LogP contribution in [0.15, 0.2) is 60.7 Å². The van der Waals surface area contributed by atoms with Crippen molar-refractivity contribution in [2.45, 2.75) is 19.9 Å². The lowest BCUT2D eigenvalue weighted by atomic mass is 10.0. The lowest BCUT2D eigenvalue weighted by molar-refractivity contribution is -0.144. The number of esters is 1. The zero-order valence-electron chi connectivity index (χ0n) is 17.9. The summed E-state index contributed by atoms with van der Waals surface area (Å²) in [5, 5.41) is 20.7. The van der Waals surface area contributed by atoms with Crippen LogP contribution >= 0.6 is 0 Å². The minimum atomic E-state index is -0.465. The van der Waals surface area contributed by atoms with E-state index in [2.05, 4.69) is 15.5 Å². The van der Waals surface area contributed by atoms with Gasteiger partial charge >= 0.3 is 5.97 Å². The predicted octanol–water partition coefficient (Wildman–Crippen LogP) is 2.86. The van der Waals surface area contributed by atoms with Crippen LogP contribution in [0.25, 0.3) is 23.5 Å². The molecule has 2 aromatic carbocycles. The summed E-state index contributed by atoms with van der Waals surface area (Å²) in [5.74, 6) is -0.688. The van der Waals surface area contributed by atoms with Crippen LogP contribution < -0.4 is 0 Å². The number of aromatic nitrogens is 4. The molecule has 0 saturated carbocycles. The van der Waals surface area contributed by atoms with Gasteiger partial charge in [0, 0.05) is 5.56 Å². The van der Waals surface area contributed by atoms with Crippen molar-refractivity contribution in [2.75, 3.05) is 6.61 Å². The summed E-state index contributed by atoms with van der Waals surface area (Å²) in [6.45, 7) is 1.82. The largest absolute Gasteiger partial charge is 0.508 e. The molecule has 168 valence electrons. The number of ketones is 2. The Kier molecular flexibility index (Phi) is 7.96. The second kappa shape index (κ2) is 11.3. The molecule has 9 heteroatoms. The Labute approximate surface area is 190 Å². The van der Waals surface area contributed by atoms with Crippen molar-refractivity contribution in [1.82, 2.24) is 20.2 Å². The van der Waals surface area contributed by atoms with Gasteiger partial charge in [0.05, 0.1) is 13.0 Å². The summed E-state index contributed by atoms with van der Waals surface area (Å²) in [5.41, 5.74) is 2.01. The molecule has 0 amide bonds. The van der Waals surface area contributed by atoms with E-state index in [-0.39, 0.29) is 36.9 Å². The van der Waals surface area contributed by atoms with Gasteiger partial charge in [-0.2, -0.15) is 0 Å². The Hall–Kier alpha value is -4.40. The fraction of sp³-hybridized carbons (Fsp3) is 0.167. The third-order valence-corrected chi connectivity index (χ3v) is 4.47. The third kappa shape index (κ3) is 6.79. The predicted molar refractivity (Wildman–Crippen MR) is 121 cm³/mol. The SMILES string of the molecule is CCOC(=O)Cn1nnnc1-c1ccccc1/C=C/C(=O)CC(=O)/C=C/c1ccc(O)cc1. The normalized spacial score (nSPS) is 11.2. The minimum Gasteiger partial charge on any atom is -0.508 e. The molecule has 1 aromatic heterocycles. The number of phenolic OH excluding ortho intramolecular Hbond substituents is 1. The summed E-state index contributed by atoms with van der Waals surface area (Å²) < 4.78 is 6.27. The maximum absolute atomic E-state index is 12.3. The van der Waals surface area contributed by atoms with E-state index in [9.17, 15) is 19.5 Å². The Morgan fingerprint density at radius 2 is 1.70 bits per heavy atom. The third-order valence-electron chi connectivity index (χ3n) is 4.47. The number of hydrogen-bond acceptors (Lipinski definition) is 8. The number of rotatable bonds is 10. The average molecular weight is 446 g/mol. The Bertz CT molecular complexity index is 1200. The van der Waals surface area contributed by atoms with Gasteiger partial charge in [0.2, 0.25) is 0 Å². The van der Waals surface area contributed by atoms with Gasteiger partial charge in [-0.05, 0) is 52.8 Å². The average Bonchev–Trinajstić information content (AvgIpc) is 3.25. The van der Waals surface area contributed by atoms with Crippen LogP contribution in [-0.2, 0) is 25.7 Å². The maximum Gasteiger partial charge on any atom is 0.327 e. The quantitative estimate of drug-likeness (QED) is 0.286. The molecule has 9 nitrogen and oxygen atoms in total. The number of carbonyl (C=O) groups is 3. The van der Waals surface area contributed by atoms with Crippen molar-refractivity contribution in [1.29, 1.82) is 0 Å². The zero-order chi connectivity index (χ0) is 23.6. The van der Waals surface area contributed by atoms with Gasteiger partial charge in [-0.15, -0.1) is 5.10 Å². The van der Waals surface area contributed by atoms with Crippen molar-refractivity contribution >= 4 is 29.7 Å². The molecule has 0 aliphatic rings. The Morgan fingerprint density at radius 1 is 1.00 bits per heavy atom. The number of nitrogens with zero attached hydrogens (tertiary/aromatic N) is 4. The highest BCUT2D eigenvalue weighted by Crippen LogP contribution is 2.22. The Morgan fingerprint density at radius 3 is 2.42 bits per heavy atom. The van der Waals surface area contributed by atoms with Crippen LogP contribution in [0.1, 0.15) is 24.5 Å². The van der Waals surface area contributed by atoms with Gasteiger partial charge < -0.3 is 9.84 Å². The molecule has 33 heavy (non-hydrogen) atoms. The fourth-order valence-electron chi connectivity index (χ4n) is 2.93. The number of aromatic hydroxyl groups is 1. The van der Waals surface area contributed by atoms with Crippen molar-refractivity contribution in [3.8, 4) is 17.1 Å². The van der Waals surface area contributed by atoms with Crippen LogP contribution in [0, 0.1) is 0 Å². The molecule has 0 spiro atoms. The highest BCUT2D eigenvalue weighted by atomic mass is 16.5. The van der Waals surface area contributed by atoms with E-state index < -0.39 is 5.97 Å². The summed E-state index contributed by atoms with van der Waals surface area (Å²) in [6.07, 6.45) is 5.53. The number of ether oxygens (including phenoxy) is 1. The number of allylic oxidation sites excluding steroid dienone is 2. The van der Waals surface area contributed by atoms with Gasteiger partial charge in [0.1, 0.15) is 12.3 Å². The van der Waals surface area contributed by atoms with Crippen LogP contribution in [0.4, 0.5) is 0 Å². The van der Waals surface area contributed by atoms with E-state index in [1.54, 1.807) is 55.5 Å². The van der Waals surface area contributed by atoms with Crippen LogP contribution in [0.3, 0.4) is 0 Å². The van der Waals surface area contributed by atoms with E-state index >= 15 is 0 Å². The Balaban J connectivity index is 1.68. The second-order valence-corrected chi connectivity index (χ2v) is 6.92. The number of carbonyl (C=O) groups excluding carboxylic acids is 3. The molecular formula is C24H22N4O5. The first kappa shape index (κ1) is 23.3. The standard InChI is InChI=1S/C24H22N4O5/c1-2-33-23(32)16-28-24(25-26-27-28)22-6-4-3-5-18(22)10-14-21(31)15-20(30)13-9-17-7-11-19(29)12-8-17/h3-14,29H,2,15-16H2,1H3/b13-9+,14-10+. The molecule has 0 aliphatic carbocycles. The van der Waals surface area contributed by atoms with Crippen LogP contribution in [0.2, 0.25) is 0 Å². The first-order chi connectivity index (χ1) is 16.0. The summed E-state index contributed by atoms with van der Waals surface area (Å²) in [6, 6.07) is 13.5. The molecule has 0 bridgehead atoms. The minimum absolute atomic E-state index is 0.133. The first-order valence-electron chi connectivity index (χ1n) is 10.2. The lowest BCUT2D eigenvalue weighted by Gasteiger charge is -2.07. The fourth-order valence-corrected chi connectivity index (χ4v) is 2.93. The summed E-state index contributed by atoms with van der Waals surface area (Å²) in [7, 11) is 0. The molecule has 1 N–H and O–H groups in total. The molecule has 0 aliphatic heterocycles. The van der Waals surface area contributed by atoms with Crippen LogP contribution in [0.5, 0.6) is 5.75 Å². The van der Waals surface area contributed by atoms with E-state index in [0.717, 1.165) is 5.56 Å². The molecule has 3 aromatic rings. The number of phenols is 1. The number of hydrogen-bond donors (Lipinski definition) is 1. The van der Waals surface area contributed by atoms with Crippen molar-refractivity contribution in [3.05, 3.63) is 71.8 Å². The lowest BCUT2D eigenvalue weighted by Crippen LogP contribution is -2.15. The van der Waals surface area contributed by atoms with Crippen LogP contribution in [-0.4, -0.2) is 49.5 Å². The van der Waals surface area contributed by atoms with E-state index in [0.29, 0.717) is 17.0 Å². The van der Waals surface area contributed by atoms with E-state index in [4.69, 9.17) is 4.74 Å². The summed E-state index contributed by atoms with van der Waals surface area (Å²) in [4.78, 5) is 36.2. The zero-order valence-corrected chi connectivity index (χ0v) is 17.9. The maximum atomic E-state index is 12.3. The van der Waals surface area contributed by atoms with Gasteiger partial charge in [-0.1, -0.05) is 48.6 Å². The summed E-state index contributed by atoms with van der Waals surface area (Å²) >= 11 is 0. The van der Waals surface area contributed by atoms with Gasteiger partial charge in [0.25, 0.3) is 0 Å². The molecule has 0 radical (unpaired) electrons. The topological polar surface area (TPSA) is 124 Å². The van der Waals surface area contributed by atoms with Gasteiger partial charge in [-0.25, -0.2) is 4.68 Å². The van der Waals surface area contributed by atoms with Crippen molar-refractivity contribution in [3.63, 3.8) is 0 Å².